The van der Waals surface area contributed by atoms with Crippen molar-refractivity contribution in [3.05, 3.63) is 101 Å². The highest BCUT2D eigenvalue weighted by Crippen LogP contribution is 2.48. The van der Waals surface area contributed by atoms with Crippen molar-refractivity contribution < 1.29 is 0 Å². The lowest BCUT2D eigenvalue weighted by molar-refractivity contribution is 1.25. The molecule has 2 N–H and O–H groups in total. The lowest BCUT2D eigenvalue weighted by Gasteiger charge is -2.16. The highest BCUT2D eigenvalue weighted by Gasteiger charge is 2.28. The summed E-state index contributed by atoms with van der Waals surface area (Å²) in [4.78, 5) is 0. The van der Waals surface area contributed by atoms with Gasteiger partial charge in [-0.1, -0.05) is 66.7 Å². The highest BCUT2D eigenvalue weighted by molar-refractivity contribution is 5.96. The Labute approximate surface area is 169 Å². The standard InChI is InChI=1S/C27H18N2/c28-15-18-14-23-20-9-4-2-7-17(20)13-25(23)27(29)26(18)22-11-5-10-21-19-8-3-1-6-16(19)12-24(21)22/h1-11,14H,12-13,29H2. The number of nitriles is 1. The van der Waals surface area contributed by atoms with Gasteiger partial charge in [0.15, 0.2) is 0 Å². The summed E-state index contributed by atoms with van der Waals surface area (Å²) in [6.45, 7) is 0. The van der Waals surface area contributed by atoms with Crippen LogP contribution >= 0.6 is 0 Å². The smallest absolute Gasteiger partial charge is 0.0999 e. The Balaban J connectivity index is 1.61. The summed E-state index contributed by atoms with van der Waals surface area (Å²) in [6, 6.07) is 27.8. The Hall–Kier alpha value is -3.83. The maximum Gasteiger partial charge on any atom is 0.0999 e. The zero-order valence-corrected chi connectivity index (χ0v) is 15.9. The van der Waals surface area contributed by atoms with Crippen LogP contribution in [0.5, 0.6) is 0 Å². The predicted molar refractivity (Wildman–Crippen MR) is 117 cm³/mol. The van der Waals surface area contributed by atoms with E-state index in [0.717, 1.165) is 40.8 Å². The van der Waals surface area contributed by atoms with Gasteiger partial charge in [-0.3, -0.25) is 0 Å². The van der Waals surface area contributed by atoms with E-state index >= 15 is 0 Å². The number of nitrogens with two attached hydrogens (primary N) is 1. The molecule has 0 spiro atoms. The van der Waals surface area contributed by atoms with Crippen molar-refractivity contribution in [2.45, 2.75) is 12.8 Å². The van der Waals surface area contributed by atoms with Crippen LogP contribution in [-0.2, 0) is 12.8 Å². The SMILES string of the molecule is N#Cc1cc2c(c(N)c1-c1cccc3c1Cc1ccccc1-3)Cc1ccccc1-2. The van der Waals surface area contributed by atoms with E-state index in [1.165, 1.54) is 33.4 Å². The molecule has 2 aliphatic carbocycles. The molecule has 4 aromatic carbocycles. The average Bonchev–Trinajstić information content (AvgIpc) is 3.32. The largest absolute Gasteiger partial charge is 0.398 e. The Morgan fingerprint density at radius 1 is 0.655 bits per heavy atom. The summed E-state index contributed by atoms with van der Waals surface area (Å²) in [7, 11) is 0. The molecule has 0 fully saturated rings. The molecule has 2 nitrogen and oxygen atoms in total. The van der Waals surface area contributed by atoms with Gasteiger partial charge in [0.25, 0.3) is 0 Å². The third kappa shape index (κ3) is 2.16. The Bertz CT molecular complexity index is 1370. The number of fused-ring (bicyclic) bond motifs is 6. The fourth-order valence-electron chi connectivity index (χ4n) is 5.07. The molecule has 29 heavy (non-hydrogen) atoms. The van der Waals surface area contributed by atoms with Gasteiger partial charge in [0.2, 0.25) is 0 Å². The molecule has 4 aromatic rings. The van der Waals surface area contributed by atoms with Gasteiger partial charge in [-0.15, -0.1) is 0 Å². The topological polar surface area (TPSA) is 49.8 Å². The molecule has 0 saturated heterocycles. The minimum Gasteiger partial charge on any atom is -0.398 e. The van der Waals surface area contributed by atoms with E-state index in [1.54, 1.807) is 0 Å². The monoisotopic (exact) mass is 370 g/mol. The van der Waals surface area contributed by atoms with E-state index in [-0.39, 0.29) is 0 Å². The summed E-state index contributed by atoms with van der Waals surface area (Å²) >= 11 is 0. The van der Waals surface area contributed by atoms with Gasteiger partial charge in [-0.05, 0) is 62.6 Å². The first-order chi connectivity index (χ1) is 14.3. The van der Waals surface area contributed by atoms with Gasteiger partial charge in [-0.2, -0.15) is 5.26 Å². The van der Waals surface area contributed by atoms with Gasteiger partial charge in [0.1, 0.15) is 0 Å². The van der Waals surface area contributed by atoms with Crippen LogP contribution in [0.1, 0.15) is 27.8 Å². The van der Waals surface area contributed by atoms with Crippen LogP contribution in [0.3, 0.4) is 0 Å². The van der Waals surface area contributed by atoms with Crippen molar-refractivity contribution in [2.24, 2.45) is 0 Å². The molecule has 0 bridgehead atoms. The van der Waals surface area contributed by atoms with E-state index in [4.69, 9.17) is 5.73 Å². The van der Waals surface area contributed by atoms with Crippen LogP contribution in [0, 0.1) is 11.3 Å². The third-order valence-electron chi connectivity index (χ3n) is 6.39. The first kappa shape index (κ1) is 16.2. The third-order valence-corrected chi connectivity index (χ3v) is 6.39. The van der Waals surface area contributed by atoms with Gasteiger partial charge >= 0.3 is 0 Å². The van der Waals surface area contributed by atoms with E-state index in [1.807, 2.05) is 12.1 Å². The Morgan fingerprint density at radius 2 is 1.24 bits per heavy atom. The quantitative estimate of drug-likeness (QED) is 0.364. The van der Waals surface area contributed by atoms with Crippen LogP contribution in [0.25, 0.3) is 33.4 Å². The minimum absolute atomic E-state index is 0.655. The molecule has 2 heteroatoms. The lowest BCUT2D eigenvalue weighted by atomic mass is 9.88. The van der Waals surface area contributed by atoms with Crippen LogP contribution in [0.2, 0.25) is 0 Å². The molecule has 0 unspecified atom stereocenters. The van der Waals surface area contributed by atoms with Crippen LogP contribution in [-0.4, -0.2) is 0 Å². The van der Waals surface area contributed by atoms with Crippen molar-refractivity contribution in [2.75, 3.05) is 5.73 Å². The zero-order valence-electron chi connectivity index (χ0n) is 15.9. The van der Waals surface area contributed by atoms with Gasteiger partial charge in [0, 0.05) is 17.7 Å². The molecule has 0 amide bonds. The summed E-state index contributed by atoms with van der Waals surface area (Å²) in [5.41, 5.74) is 20.0. The summed E-state index contributed by atoms with van der Waals surface area (Å²) in [6.07, 6.45) is 1.70. The van der Waals surface area contributed by atoms with Gasteiger partial charge in [0.05, 0.1) is 11.6 Å². The number of benzene rings is 4. The zero-order chi connectivity index (χ0) is 19.5. The molecule has 0 aromatic heterocycles. The molecule has 6 rings (SSSR count). The second-order valence-corrected chi connectivity index (χ2v) is 7.85. The molecule has 0 aliphatic heterocycles. The second kappa shape index (κ2) is 5.83. The number of rotatable bonds is 1. The number of nitrogens with zero attached hydrogens (tertiary/aromatic N) is 1. The summed E-state index contributed by atoms with van der Waals surface area (Å²) in [5.74, 6) is 0. The fourth-order valence-corrected chi connectivity index (χ4v) is 5.07. The van der Waals surface area contributed by atoms with Crippen molar-refractivity contribution in [3.63, 3.8) is 0 Å². The summed E-state index contributed by atoms with van der Waals surface area (Å²) < 4.78 is 0. The molecule has 0 radical (unpaired) electrons. The number of hydrogen-bond acceptors (Lipinski definition) is 2. The van der Waals surface area contributed by atoms with E-state index in [0.29, 0.717) is 5.56 Å². The molecule has 0 heterocycles. The number of hydrogen-bond donors (Lipinski definition) is 1. The van der Waals surface area contributed by atoms with Crippen LogP contribution < -0.4 is 5.73 Å². The van der Waals surface area contributed by atoms with E-state index in [9.17, 15) is 5.26 Å². The molecule has 0 atom stereocenters. The highest BCUT2D eigenvalue weighted by atomic mass is 14.6. The average molecular weight is 370 g/mol. The minimum atomic E-state index is 0.655. The maximum atomic E-state index is 10.00. The van der Waals surface area contributed by atoms with Crippen LogP contribution in [0.15, 0.2) is 72.8 Å². The van der Waals surface area contributed by atoms with Gasteiger partial charge in [-0.25, -0.2) is 0 Å². The first-order valence-corrected chi connectivity index (χ1v) is 9.90. The van der Waals surface area contributed by atoms with Gasteiger partial charge < -0.3 is 5.73 Å². The van der Waals surface area contributed by atoms with Crippen LogP contribution in [0.4, 0.5) is 5.69 Å². The fraction of sp³-hybridized carbons (Fsp3) is 0.0741. The van der Waals surface area contributed by atoms with E-state index in [2.05, 4.69) is 66.7 Å². The number of anilines is 1. The maximum absolute atomic E-state index is 10.00. The molecular formula is C27H18N2. The number of nitrogen functional groups attached to an aromatic ring is 1. The van der Waals surface area contributed by atoms with Crippen molar-refractivity contribution in [3.8, 4) is 39.4 Å². The van der Waals surface area contributed by atoms with Crippen molar-refractivity contribution >= 4 is 5.69 Å². The summed E-state index contributed by atoms with van der Waals surface area (Å²) in [5, 5.41) is 10.00. The Morgan fingerprint density at radius 3 is 1.97 bits per heavy atom. The molecular weight excluding hydrogens is 352 g/mol. The molecule has 136 valence electrons. The Kier molecular flexibility index (Phi) is 3.25. The van der Waals surface area contributed by atoms with Crippen molar-refractivity contribution in [1.29, 1.82) is 5.26 Å². The normalized spacial score (nSPS) is 12.7. The first-order valence-electron chi connectivity index (χ1n) is 9.90. The van der Waals surface area contributed by atoms with E-state index < -0.39 is 0 Å². The second-order valence-electron chi connectivity index (χ2n) is 7.85. The molecule has 0 saturated carbocycles. The lowest BCUT2D eigenvalue weighted by Crippen LogP contribution is -2.01. The van der Waals surface area contributed by atoms with Crippen molar-refractivity contribution in [1.82, 2.24) is 0 Å². The predicted octanol–water partition coefficient (Wildman–Crippen LogP) is 5.95. The molecule has 2 aliphatic rings.